The SMILES string of the molecule is NC(=O)c1ccccc1-c1ccc(-c2ccc(C(=O)N3CCCCC3)s2)cc1. The molecule has 4 rings (SSSR count). The van der Waals surface area contributed by atoms with Crippen molar-refractivity contribution in [2.24, 2.45) is 5.73 Å². The van der Waals surface area contributed by atoms with E-state index in [1.807, 2.05) is 59.5 Å². The van der Waals surface area contributed by atoms with Gasteiger partial charge in [0.1, 0.15) is 0 Å². The molecule has 3 aromatic rings. The number of benzene rings is 2. The minimum absolute atomic E-state index is 0.142. The molecule has 0 saturated carbocycles. The van der Waals surface area contributed by atoms with Gasteiger partial charge in [-0.25, -0.2) is 0 Å². The lowest BCUT2D eigenvalue weighted by Gasteiger charge is -2.26. The van der Waals surface area contributed by atoms with Gasteiger partial charge >= 0.3 is 0 Å². The summed E-state index contributed by atoms with van der Waals surface area (Å²) in [6.45, 7) is 1.72. The maximum Gasteiger partial charge on any atom is 0.263 e. The lowest BCUT2D eigenvalue weighted by molar-refractivity contribution is 0.0729. The van der Waals surface area contributed by atoms with E-state index < -0.39 is 5.91 Å². The van der Waals surface area contributed by atoms with Crippen LogP contribution < -0.4 is 5.73 Å². The molecule has 1 aromatic heterocycles. The number of rotatable bonds is 4. The fourth-order valence-corrected chi connectivity index (χ4v) is 4.60. The molecule has 2 N–H and O–H groups in total. The zero-order valence-electron chi connectivity index (χ0n) is 15.6. The highest BCUT2D eigenvalue weighted by molar-refractivity contribution is 7.17. The molecule has 1 aliphatic heterocycles. The third kappa shape index (κ3) is 3.71. The summed E-state index contributed by atoms with van der Waals surface area (Å²) in [6, 6.07) is 19.3. The predicted molar refractivity (Wildman–Crippen MR) is 113 cm³/mol. The highest BCUT2D eigenvalue weighted by atomic mass is 32.1. The molecule has 4 nitrogen and oxygen atoms in total. The second kappa shape index (κ2) is 7.98. The van der Waals surface area contributed by atoms with Crippen molar-refractivity contribution in [2.75, 3.05) is 13.1 Å². The molecule has 2 aromatic carbocycles. The summed E-state index contributed by atoms with van der Waals surface area (Å²) in [5.41, 5.74) is 8.84. The third-order valence-electron chi connectivity index (χ3n) is 5.13. The topological polar surface area (TPSA) is 63.4 Å². The molecule has 0 spiro atoms. The van der Waals surface area contributed by atoms with Crippen LogP contribution >= 0.6 is 11.3 Å². The van der Waals surface area contributed by atoms with E-state index in [9.17, 15) is 9.59 Å². The first-order chi connectivity index (χ1) is 13.6. The Bertz CT molecular complexity index is 1000. The van der Waals surface area contributed by atoms with Gasteiger partial charge in [0.15, 0.2) is 0 Å². The number of likely N-dealkylation sites (tertiary alicyclic amines) is 1. The number of amides is 2. The number of piperidine rings is 1. The van der Waals surface area contributed by atoms with Crippen LogP contribution in [-0.2, 0) is 0 Å². The van der Waals surface area contributed by atoms with Crippen LogP contribution in [0.3, 0.4) is 0 Å². The average Bonchev–Trinajstić information content (AvgIpc) is 3.24. The van der Waals surface area contributed by atoms with Crippen molar-refractivity contribution in [3.63, 3.8) is 0 Å². The lowest BCUT2D eigenvalue weighted by atomic mass is 9.98. The fourth-order valence-electron chi connectivity index (χ4n) is 3.62. The van der Waals surface area contributed by atoms with Gasteiger partial charge in [-0.1, -0.05) is 42.5 Å². The van der Waals surface area contributed by atoms with E-state index in [0.717, 1.165) is 52.4 Å². The van der Waals surface area contributed by atoms with Crippen LogP contribution in [0.15, 0.2) is 60.7 Å². The summed E-state index contributed by atoms with van der Waals surface area (Å²) in [7, 11) is 0. The Morgan fingerprint density at radius 3 is 2.21 bits per heavy atom. The van der Waals surface area contributed by atoms with Gasteiger partial charge in [0.2, 0.25) is 5.91 Å². The number of primary amides is 1. The third-order valence-corrected chi connectivity index (χ3v) is 6.26. The van der Waals surface area contributed by atoms with Crippen LogP contribution in [0.5, 0.6) is 0 Å². The van der Waals surface area contributed by atoms with Gasteiger partial charge in [0.05, 0.1) is 4.88 Å². The Balaban J connectivity index is 1.56. The zero-order valence-corrected chi connectivity index (χ0v) is 16.4. The number of carbonyl (C=O) groups excluding carboxylic acids is 2. The summed E-state index contributed by atoms with van der Waals surface area (Å²) in [5.74, 6) is -0.290. The van der Waals surface area contributed by atoms with Crippen molar-refractivity contribution < 1.29 is 9.59 Å². The molecule has 1 saturated heterocycles. The van der Waals surface area contributed by atoms with Gasteiger partial charge in [-0.15, -0.1) is 11.3 Å². The number of nitrogens with zero attached hydrogens (tertiary/aromatic N) is 1. The number of thiophene rings is 1. The van der Waals surface area contributed by atoms with E-state index in [0.29, 0.717) is 5.56 Å². The fraction of sp³-hybridized carbons (Fsp3) is 0.217. The molecule has 0 unspecified atom stereocenters. The van der Waals surface area contributed by atoms with E-state index in [2.05, 4.69) is 0 Å². The van der Waals surface area contributed by atoms with Crippen LogP contribution in [0.1, 0.15) is 39.3 Å². The van der Waals surface area contributed by atoms with Crippen molar-refractivity contribution >= 4 is 23.2 Å². The van der Waals surface area contributed by atoms with E-state index >= 15 is 0 Å². The van der Waals surface area contributed by atoms with E-state index in [4.69, 9.17) is 5.73 Å². The second-order valence-corrected chi connectivity index (χ2v) is 8.09. The molecule has 0 aliphatic carbocycles. The Labute approximate surface area is 168 Å². The van der Waals surface area contributed by atoms with Gasteiger partial charge in [0.25, 0.3) is 5.91 Å². The minimum atomic E-state index is -0.432. The van der Waals surface area contributed by atoms with Crippen LogP contribution in [0, 0.1) is 0 Å². The first-order valence-electron chi connectivity index (χ1n) is 9.52. The van der Waals surface area contributed by atoms with Crippen LogP contribution in [-0.4, -0.2) is 29.8 Å². The predicted octanol–water partition coefficient (Wildman–Crippen LogP) is 4.81. The van der Waals surface area contributed by atoms with Gasteiger partial charge < -0.3 is 10.6 Å². The zero-order chi connectivity index (χ0) is 19.5. The number of nitrogens with two attached hydrogens (primary N) is 1. The maximum absolute atomic E-state index is 12.7. The highest BCUT2D eigenvalue weighted by Gasteiger charge is 2.20. The highest BCUT2D eigenvalue weighted by Crippen LogP contribution is 2.32. The van der Waals surface area contributed by atoms with Crippen LogP contribution in [0.4, 0.5) is 0 Å². The molecule has 1 aliphatic rings. The smallest absolute Gasteiger partial charge is 0.263 e. The van der Waals surface area contributed by atoms with Crippen molar-refractivity contribution in [1.29, 1.82) is 0 Å². The summed E-state index contributed by atoms with van der Waals surface area (Å²) >= 11 is 1.53. The largest absolute Gasteiger partial charge is 0.366 e. The molecule has 0 radical (unpaired) electrons. The van der Waals surface area contributed by atoms with Gasteiger partial charge in [-0.3, -0.25) is 9.59 Å². The van der Waals surface area contributed by atoms with Crippen molar-refractivity contribution in [3.8, 4) is 21.6 Å². The monoisotopic (exact) mass is 390 g/mol. The Hall–Kier alpha value is -2.92. The van der Waals surface area contributed by atoms with Gasteiger partial charge in [0, 0.05) is 23.5 Å². The molecule has 0 atom stereocenters. The van der Waals surface area contributed by atoms with E-state index in [1.54, 1.807) is 6.07 Å². The molecular weight excluding hydrogens is 368 g/mol. The molecule has 28 heavy (non-hydrogen) atoms. The van der Waals surface area contributed by atoms with Crippen LogP contribution in [0.2, 0.25) is 0 Å². The van der Waals surface area contributed by atoms with Crippen molar-refractivity contribution in [3.05, 3.63) is 71.1 Å². The molecule has 0 bridgehead atoms. The van der Waals surface area contributed by atoms with E-state index in [1.165, 1.54) is 17.8 Å². The molecule has 2 heterocycles. The minimum Gasteiger partial charge on any atom is -0.366 e. The van der Waals surface area contributed by atoms with Crippen molar-refractivity contribution in [1.82, 2.24) is 4.90 Å². The van der Waals surface area contributed by atoms with Gasteiger partial charge in [-0.2, -0.15) is 0 Å². The second-order valence-electron chi connectivity index (χ2n) is 7.00. The van der Waals surface area contributed by atoms with Crippen LogP contribution in [0.25, 0.3) is 21.6 Å². The standard InChI is InChI=1S/C23H22N2O2S/c24-22(26)19-7-3-2-6-18(19)16-8-10-17(11-9-16)20-12-13-21(28-20)23(27)25-14-4-1-5-15-25/h2-3,6-13H,1,4-5,14-15H2,(H2,24,26). The summed E-state index contributed by atoms with van der Waals surface area (Å²) < 4.78 is 0. The first-order valence-corrected chi connectivity index (χ1v) is 10.3. The number of hydrogen-bond acceptors (Lipinski definition) is 3. The maximum atomic E-state index is 12.7. The molecule has 2 amide bonds. The Morgan fingerprint density at radius 1 is 0.821 bits per heavy atom. The quantitative estimate of drug-likeness (QED) is 0.695. The summed E-state index contributed by atoms with van der Waals surface area (Å²) in [6.07, 6.45) is 3.40. The van der Waals surface area contributed by atoms with Crippen molar-refractivity contribution in [2.45, 2.75) is 19.3 Å². The summed E-state index contributed by atoms with van der Waals surface area (Å²) in [5, 5.41) is 0. The average molecular weight is 391 g/mol. The Kier molecular flexibility index (Phi) is 5.26. The molecule has 1 fully saturated rings. The van der Waals surface area contributed by atoms with E-state index in [-0.39, 0.29) is 5.91 Å². The van der Waals surface area contributed by atoms with Gasteiger partial charge in [-0.05, 0) is 54.2 Å². The normalized spacial score (nSPS) is 14.1. The lowest BCUT2D eigenvalue weighted by Crippen LogP contribution is -2.35. The molecule has 5 heteroatoms. The Morgan fingerprint density at radius 2 is 1.50 bits per heavy atom. The number of hydrogen-bond donors (Lipinski definition) is 1. The molecular formula is C23H22N2O2S. The summed E-state index contributed by atoms with van der Waals surface area (Å²) in [4.78, 5) is 28.2. The number of carbonyl (C=O) groups is 2. The first kappa shape index (κ1) is 18.4. The molecule has 142 valence electrons.